The van der Waals surface area contributed by atoms with Gasteiger partial charge in [-0.1, -0.05) is 43.2 Å². The average Bonchev–Trinajstić information content (AvgIpc) is 3.57. The van der Waals surface area contributed by atoms with Crippen LogP contribution in [0.3, 0.4) is 0 Å². The lowest BCUT2D eigenvalue weighted by Crippen LogP contribution is -2.44. The molecule has 1 heterocycles. The van der Waals surface area contributed by atoms with Crippen molar-refractivity contribution in [2.24, 2.45) is 11.0 Å². The van der Waals surface area contributed by atoms with E-state index < -0.39 is 6.04 Å². The van der Waals surface area contributed by atoms with Crippen LogP contribution < -0.4 is 4.74 Å². The van der Waals surface area contributed by atoms with E-state index in [1.807, 2.05) is 24.3 Å². The second-order valence-corrected chi connectivity index (χ2v) is 8.99. The third-order valence-corrected chi connectivity index (χ3v) is 6.75. The molecule has 0 spiro atoms. The first kappa shape index (κ1) is 24.9. The van der Waals surface area contributed by atoms with Gasteiger partial charge in [-0.2, -0.15) is 5.10 Å². The Morgan fingerprint density at radius 2 is 1.80 bits per heavy atom. The third kappa shape index (κ3) is 5.70. The highest BCUT2D eigenvalue weighted by Crippen LogP contribution is 2.37. The highest BCUT2D eigenvalue weighted by molar-refractivity contribution is 6.03. The first-order valence-corrected chi connectivity index (χ1v) is 12.1. The van der Waals surface area contributed by atoms with Crippen molar-refractivity contribution in [1.82, 2.24) is 9.91 Å². The van der Waals surface area contributed by atoms with Gasteiger partial charge < -0.3 is 14.4 Å². The molecule has 2 aromatic carbocycles. The van der Waals surface area contributed by atoms with E-state index >= 15 is 0 Å². The summed E-state index contributed by atoms with van der Waals surface area (Å²) in [5, 5.41) is 6.12. The van der Waals surface area contributed by atoms with Crippen molar-refractivity contribution in [2.75, 3.05) is 33.9 Å². The maximum atomic E-state index is 13.6. The van der Waals surface area contributed by atoms with E-state index in [0.29, 0.717) is 31.0 Å². The lowest BCUT2D eigenvalue weighted by atomic mass is 9.97. The molecule has 0 unspecified atom stereocenters. The van der Waals surface area contributed by atoms with E-state index in [2.05, 4.69) is 5.10 Å². The molecule has 1 fully saturated rings. The van der Waals surface area contributed by atoms with E-state index in [9.17, 15) is 14.0 Å². The first-order valence-electron chi connectivity index (χ1n) is 12.1. The van der Waals surface area contributed by atoms with Crippen LogP contribution in [0, 0.1) is 11.7 Å². The van der Waals surface area contributed by atoms with Crippen LogP contribution in [0.25, 0.3) is 0 Å². The minimum Gasteiger partial charge on any atom is -0.496 e. The van der Waals surface area contributed by atoms with Crippen molar-refractivity contribution >= 4 is 17.5 Å². The number of hydrogen-bond donors (Lipinski definition) is 0. The maximum absolute atomic E-state index is 13.6. The molecular formula is C27H32FN3O4. The zero-order valence-electron chi connectivity index (χ0n) is 20.3. The Labute approximate surface area is 205 Å². The van der Waals surface area contributed by atoms with Gasteiger partial charge in [0.15, 0.2) is 0 Å². The van der Waals surface area contributed by atoms with E-state index in [-0.39, 0.29) is 30.1 Å². The summed E-state index contributed by atoms with van der Waals surface area (Å²) in [6.45, 7) is 0.621. The van der Waals surface area contributed by atoms with Crippen LogP contribution in [0.4, 0.5) is 4.39 Å². The Kier molecular flexibility index (Phi) is 8.13. The highest BCUT2D eigenvalue weighted by atomic mass is 19.1. The summed E-state index contributed by atoms with van der Waals surface area (Å²) in [6, 6.07) is 13.2. The highest BCUT2D eigenvalue weighted by Gasteiger charge is 2.36. The molecule has 2 amide bonds. The van der Waals surface area contributed by atoms with Crippen LogP contribution in [-0.4, -0.2) is 61.4 Å². The molecule has 1 aliphatic heterocycles. The van der Waals surface area contributed by atoms with Crippen molar-refractivity contribution in [1.29, 1.82) is 0 Å². The topological polar surface area (TPSA) is 71.4 Å². The number of para-hydroxylation sites is 1. The number of rotatable bonds is 9. The number of halogens is 1. The van der Waals surface area contributed by atoms with Crippen molar-refractivity contribution < 1.29 is 23.5 Å². The maximum Gasteiger partial charge on any atom is 0.262 e. The molecule has 2 aliphatic rings. The van der Waals surface area contributed by atoms with Crippen LogP contribution >= 0.6 is 0 Å². The number of hydrazone groups is 1. The number of amides is 2. The molecule has 7 nitrogen and oxygen atoms in total. The number of nitrogens with zero attached hydrogens (tertiary/aromatic N) is 3. The Hall–Kier alpha value is -3.26. The monoisotopic (exact) mass is 481 g/mol. The van der Waals surface area contributed by atoms with Crippen molar-refractivity contribution in [3.05, 3.63) is 65.5 Å². The lowest BCUT2D eigenvalue weighted by molar-refractivity contribution is -0.144. The van der Waals surface area contributed by atoms with Gasteiger partial charge in [-0.3, -0.25) is 9.59 Å². The van der Waals surface area contributed by atoms with Gasteiger partial charge in [-0.05, 0) is 36.6 Å². The minimum atomic E-state index is -0.399. The van der Waals surface area contributed by atoms with Gasteiger partial charge in [0.2, 0.25) is 5.91 Å². The molecule has 1 saturated carbocycles. The van der Waals surface area contributed by atoms with E-state index in [1.54, 1.807) is 31.3 Å². The molecule has 0 N–H and O–H groups in total. The molecule has 0 radical (unpaired) electrons. The Morgan fingerprint density at radius 1 is 1.09 bits per heavy atom. The van der Waals surface area contributed by atoms with Crippen molar-refractivity contribution in [2.45, 2.75) is 38.1 Å². The summed E-state index contributed by atoms with van der Waals surface area (Å²) >= 11 is 0. The summed E-state index contributed by atoms with van der Waals surface area (Å²) in [7, 11) is 3.17. The predicted octanol–water partition coefficient (Wildman–Crippen LogP) is 4.18. The number of benzene rings is 2. The molecule has 4 rings (SSSR count). The Bertz CT molecular complexity index is 1070. The summed E-state index contributed by atoms with van der Waals surface area (Å²) < 4.78 is 24.3. The fourth-order valence-corrected chi connectivity index (χ4v) is 4.88. The van der Waals surface area contributed by atoms with E-state index in [1.165, 1.54) is 17.1 Å². The second-order valence-electron chi connectivity index (χ2n) is 8.99. The quantitative estimate of drug-likeness (QED) is 0.539. The Morgan fingerprint density at radius 3 is 2.49 bits per heavy atom. The normalized spacial score (nSPS) is 18.0. The molecule has 1 atom stereocenters. The predicted molar refractivity (Wildman–Crippen MR) is 131 cm³/mol. The number of hydrogen-bond acceptors (Lipinski definition) is 5. The summed E-state index contributed by atoms with van der Waals surface area (Å²) in [6.07, 6.45) is 4.24. The molecule has 2 aromatic rings. The van der Waals surface area contributed by atoms with Crippen LogP contribution in [0.5, 0.6) is 5.75 Å². The molecule has 1 aliphatic carbocycles. The van der Waals surface area contributed by atoms with Crippen molar-refractivity contribution in [3.8, 4) is 5.75 Å². The van der Waals surface area contributed by atoms with Crippen LogP contribution in [0.1, 0.15) is 49.3 Å². The van der Waals surface area contributed by atoms with Gasteiger partial charge in [0.05, 0.1) is 25.5 Å². The van der Waals surface area contributed by atoms with Gasteiger partial charge in [0.1, 0.15) is 18.1 Å². The summed E-state index contributed by atoms with van der Waals surface area (Å²) in [5.74, 6) is 0.00978. The SMILES string of the molecule is COCCN(CC(=O)N1N=C(c2ccc(F)cc2)C[C@@H]1c1ccccc1OC)C(=O)C1CCCC1. The largest absolute Gasteiger partial charge is 0.496 e. The number of carbonyl (C=O) groups excluding carboxylic acids is 2. The van der Waals surface area contributed by atoms with Gasteiger partial charge in [-0.25, -0.2) is 9.40 Å². The fraction of sp³-hybridized carbons (Fsp3) is 0.444. The smallest absolute Gasteiger partial charge is 0.262 e. The number of methoxy groups -OCH3 is 2. The van der Waals surface area contributed by atoms with Gasteiger partial charge in [0.25, 0.3) is 5.91 Å². The molecule has 0 saturated heterocycles. The zero-order valence-corrected chi connectivity index (χ0v) is 20.3. The van der Waals surface area contributed by atoms with Crippen molar-refractivity contribution in [3.63, 3.8) is 0 Å². The molecule has 0 aromatic heterocycles. The van der Waals surface area contributed by atoms with Crippen LogP contribution in [0.15, 0.2) is 53.6 Å². The average molecular weight is 482 g/mol. The van der Waals surface area contributed by atoms with Crippen LogP contribution in [0.2, 0.25) is 0 Å². The van der Waals surface area contributed by atoms with Gasteiger partial charge >= 0.3 is 0 Å². The number of ether oxygens (including phenoxy) is 2. The van der Waals surface area contributed by atoms with E-state index in [4.69, 9.17) is 9.47 Å². The third-order valence-electron chi connectivity index (χ3n) is 6.75. The second kappa shape index (κ2) is 11.4. The fourth-order valence-electron chi connectivity index (χ4n) is 4.88. The lowest BCUT2D eigenvalue weighted by Gasteiger charge is -2.29. The van der Waals surface area contributed by atoms with Gasteiger partial charge in [-0.15, -0.1) is 0 Å². The summed E-state index contributed by atoms with van der Waals surface area (Å²) in [5.41, 5.74) is 2.26. The molecule has 35 heavy (non-hydrogen) atoms. The zero-order chi connectivity index (χ0) is 24.8. The number of carbonyl (C=O) groups is 2. The molecule has 186 valence electrons. The van der Waals surface area contributed by atoms with E-state index in [0.717, 1.165) is 36.8 Å². The summed E-state index contributed by atoms with van der Waals surface area (Å²) in [4.78, 5) is 28.4. The molecule has 8 heteroatoms. The van der Waals surface area contributed by atoms with Gasteiger partial charge in [0, 0.05) is 31.6 Å². The minimum absolute atomic E-state index is 0.00340. The molecular weight excluding hydrogens is 449 g/mol. The standard InChI is InChI=1S/C27H32FN3O4/c1-34-16-15-30(27(33)20-7-3-4-8-20)18-26(32)31-24(22-9-5-6-10-25(22)35-2)17-23(29-31)19-11-13-21(28)14-12-19/h5-6,9-14,20,24H,3-4,7-8,15-18H2,1-2H3/t24-/m1/s1. The van der Waals surface area contributed by atoms with Crippen LogP contribution in [-0.2, 0) is 14.3 Å². The first-order chi connectivity index (χ1) is 17.0. The molecule has 0 bridgehead atoms. The Balaban J connectivity index is 1.62.